The van der Waals surface area contributed by atoms with Gasteiger partial charge in [0.2, 0.25) is 11.6 Å². The molecule has 1 aromatic carbocycles. The van der Waals surface area contributed by atoms with Crippen LogP contribution >= 0.6 is 35.0 Å². The standard InChI is InChI=1S/C20H25Cl2NO5S/c1-26-18(25)14(10-11-29-4)23-16-15(21)17(24)19(22,20(16,27-2)28-3)12-13-8-6-5-7-9-13/h5-9,14,23H,10-12H2,1-4H3/t14-,19?/m0/s1. The zero-order valence-corrected chi connectivity index (χ0v) is 19.1. The van der Waals surface area contributed by atoms with Gasteiger partial charge in [0.15, 0.2) is 4.87 Å². The summed E-state index contributed by atoms with van der Waals surface area (Å²) >= 11 is 14.9. The third-order valence-corrected chi connectivity index (χ3v) is 6.47. The van der Waals surface area contributed by atoms with E-state index in [4.69, 9.17) is 37.4 Å². The van der Waals surface area contributed by atoms with Crippen molar-refractivity contribution in [2.75, 3.05) is 33.3 Å². The molecule has 1 unspecified atom stereocenters. The molecule has 0 saturated heterocycles. The van der Waals surface area contributed by atoms with Gasteiger partial charge >= 0.3 is 5.97 Å². The summed E-state index contributed by atoms with van der Waals surface area (Å²) < 4.78 is 16.2. The molecule has 2 rings (SSSR count). The van der Waals surface area contributed by atoms with Crippen molar-refractivity contribution in [1.29, 1.82) is 0 Å². The van der Waals surface area contributed by atoms with E-state index in [1.54, 1.807) is 11.8 Å². The summed E-state index contributed by atoms with van der Waals surface area (Å²) in [5.41, 5.74) is 0.934. The van der Waals surface area contributed by atoms with Crippen LogP contribution in [0.15, 0.2) is 41.1 Å². The highest BCUT2D eigenvalue weighted by molar-refractivity contribution is 7.98. The first-order chi connectivity index (χ1) is 13.8. The van der Waals surface area contributed by atoms with Crippen LogP contribution in [0.5, 0.6) is 0 Å². The number of rotatable bonds is 10. The number of carbonyl (C=O) groups is 2. The van der Waals surface area contributed by atoms with Gasteiger partial charge in [0.25, 0.3) is 0 Å². The Morgan fingerprint density at radius 3 is 2.34 bits per heavy atom. The number of ketones is 1. The minimum atomic E-state index is -1.70. The molecule has 6 nitrogen and oxygen atoms in total. The molecule has 0 heterocycles. The van der Waals surface area contributed by atoms with Crippen LogP contribution in [0.3, 0.4) is 0 Å². The highest BCUT2D eigenvalue weighted by Gasteiger charge is 2.66. The van der Waals surface area contributed by atoms with E-state index >= 15 is 0 Å². The molecule has 1 aliphatic carbocycles. The molecule has 1 aliphatic rings. The van der Waals surface area contributed by atoms with Crippen molar-refractivity contribution in [3.05, 3.63) is 46.6 Å². The van der Waals surface area contributed by atoms with Crippen molar-refractivity contribution in [3.8, 4) is 0 Å². The van der Waals surface area contributed by atoms with E-state index in [0.717, 1.165) is 5.56 Å². The van der Waals surface area contributed by atoms with Crippen LogP contribution in [-0.2, 0) is 30.2 Å². The molecule has 0 amide bonds. The third kappa shape index (κ3) is 4.44. The molecule has 0 spiro atoms. The van der Waals surface area contributed by atoms with Gasteiger partial charge in [-0.3, -0.25) is 4.79 Å². The second-order valence-electron chi connectivity index (χ2n) is 6.51. The number of carbonyl (C=O) groups excluding carboxylic acids is 2. The number of halogens is 2. The number of benzene rings is 1. The van der Waals surface area contributed by atoms with E-state index in [2.05, 4.69) is 5.32 Å². The Hall–Kier alpha value is -1.25. The predicted molar refractivity (Wildman–Crippen MR) is 115 cm³/mol. The maximum Gasteiger partial charge on any atom is 0.328 e. The van der Waals surface area contributed by atoms with Gasteiger partial charge in [0.1, 0.15) is 11.1 Å². The van der Waals surface area contributed by atoms with Crippen molar-refractivity contribution < 1.29 is 23.8 Å². The van der Waals surface area contributed by atoms with Crippen molar-refractivity contribution in [1.82, 2.24) is 5.32 Å². The molecule has 0 aliphatic heterocycles. The molecule has 0 fully saturated rings. The van der Waals surface area contributed by atoms with Crippen molar-refractivity contribution >= 4 is 46.7 Å². The van der Waals surface area contributed by atoms with Crippen LogP contribution in [0.25, 0.3) is 0 Å². The minimum absolute atomic E-state index is 0.116. The first kappa shape index (κ1) is 24.0. The molecule has 2 atom stereocenters. The predicted octanol–water partition coefficient (Wildman–Crippen LogP) is 3.11. The van der Waals surface area contributed by atoms with Crippen LogP contribution in [-0.4, -0.2) is 61.8 Å². The summed E-state index contributed by atoms with van der Waals surface area (Å²) in [6.45, 7) is 0. The summed E-state index contributed by atoms with van der Waals surface area (Å²) in [7, 11) is 4.06. The SMILES string of the molecule is COC(=O)[C@H](CCSC)NC1=C(Cl)C(=O)C(Cl)(Cc2ccccc2)C1(OC)OC. The molecule has 1 N–H and O–H groups in total. The van der Waals surface area contributed by atoms with Crippen LogP contribution < -0.4 is 5.32 Å². The van der Waals surface area contributed by atoms with Crippen molar-refractivity contribution in [2.24, 2.45) is 0 Å². The fourth-order valence-electron chi connectivity index (χ4n) is 3.42. The lowest BCUT2D eigenvalue weighted by molar-refractivity contribution is -0.200. The average molecular weight is 462 g/mol. The van der Waals surface area contributed by atoms with Gasteiger partial charge in [-0.25, -0.2) is 4.79 Å². The number of hydrogen-bond donors (Lipinski definition) is 1. The van der Waals surface area contributed by atoms with Gasteiger partial charge in [0.05, 0.1) is 12.8 Å². The van der Waals surface area contributed by atoms with Gasteiger partial charge in [-0.2, -0.15) is 11.8 Å². The second-order valence-corrected chi connectivity index (χ2v) is 8.52. The monoisotopic (exact) mass is 461 g/mol. The molecular formula is C20H25Cl2NO5S. The summed E-state index contributed by atoms with van der Waals surface area (Å²) in [4.78, 5) is 23.8. The maximum atomic E-state index is 13.2. The molecular weight excluding hydrogens is 437 g/mol. The third-order valence-electron chi connectivity index (χ3n) is 4.91. The average Bonchev–Trinajstić information content (AvgIpc) is 2.89. The Bertz CT molecular complexity index is 769. The van der Waals surface area contributed by atoms with Crippen molar-refractivity contribution in [2.45, 2.75) is 29.5 Å². The van der Waals surface area contributed by atoms with Crippen molar-refractivity contribution in [3.63, 3.8) is 0 Å². The Morgan fingerprint density at radius 1 is 1.21 bits per heavy atom. The highest BCUT2D eigenvalue weighted by Crippen LogP contribution is 2.50. The van der Waals surface area contributed by atoms with Crippen LogP contribution in [0.4, 0.5) is 0 Å². The number of Topliss-reactive ketones (excluding diaryl/α,β-unsaturated/α-hetero) is 1. The van der Waals surface area contributed by atoms with E-state index in [1.807, 2.05) is 36.6 Å². The molecule has 9 heteroatoms. The number of nitrogens with one attached hydrogen (secondary N) is 1. The summed E-state index contributed by atoms with van der Waals surface area (Å²) in [5.74, 6) is -2.04. The van der Waals surface area contributed by atoms with Gasteiger partial charge in [-0.1, -0.05) is 41.9 Å². The largest absolute Gasteiger partial charge is 0.467 e. The lowest BCUT2D eigenvalue weighted by Crippen LogP contribution is -2.59. The first-order valence-corrected chi connectivity index (χ1v) is 11.1. The molecule has 1 aromatic rings. The summed E-state index contributed by atoms with van der Waals surface area (Å²) in [6.07, 6.45) is 2.50. The van der Waals surface area contributed by atoms with Gasteiger partial charge < -0.3 is 19.5 Å². The number of esters is 1. The molecule has 0 saturated carbocycles. The minimum Gasteiger partial charge on any atom is -0.467 e. The molecule has 0 aromatic heterocycles. The molecule has 0 radical (unpaired) electrons. The summed E-state index contributed by atoms with van der Waals surface area (Å²) in [5, 5.41) is 2.86. The number of methoxy groups -OCH3 is 3. The second kappa shape index (κ2) is 10.2. The molecule has 160 valence electrons. The number of hydrogen-bond acceptors (Lipinski definition) is 7. The van der Waals surface area contributed by atoms with Gasteiger partial charge in [-0.15, -0.1) is 11.6 Å². The first-order valence-electron chi connectivity index (χ1n) is 8.92. The Kier molecular flexibility index (Phi) is 8.43. The zero-order chi connectivity index (χ0) is 21.7. The fourth-order valence-corrected chi connectivity index (χ4v) is 4.78. The molecule has 29 heavy (non-hydrogen) atoms. The quantitative estimate of drug-likeness (QED) is 0.325. The molecule has 0 bridgehead atoms. The van der Waals surface area contributed by atoms with E-state index in [-0.39, 0.29) is 17.2 Å². The van der Waals surface area contributed by atoms with E-state index in [1.165, 1.54) is 21.3 Å². The Morgan fingerprint density at radius 2 is 1.83 bits per heavy atom. The Balaban J connectivity index is 2.47. The van der Waals surface area contributed by atoms with Crippen LogP contribution in [0.2, 0.25) is 0 Å². The lowest BCUT2D eigenvalue weighted by Gasteiger charge is -2.40. The zero-order valence-electron chi connectivity index (χ0n) is 16.8. The Labute approximate surface area is 185 Å². The van der Waals surface area contributed by atoms with Crippen LogP contribution in [0.1, 0.15) is 12.0 Å². The number of allylic oxidation sites excluding steroid dienone is 1. The fraction of sp³-hybridized carbons (Fsp3) is 0.500. The smallest absolute Gasteiger partial charge is 0.328 e. The van der Waals surface area contributed by atoms with E-state index in [9.17, 15) is 9.59 Å². The summed E-state index contributed by atoms with van der Waals surface area (Å²) in [6, 6.07) is 8.52. The number of thioether (sulfide) groups is 1. The normalized spacial score (nSPS) is 21.9. The van der Waals surface area contributed by atoms with Gasteiger partial charge in [-0.05, 0) is 24.0 Å². The number of alkyl halides is 1. The van der Waals surface area contributed by atoms with Gasteiger partial charge in [0, 0.05) is 20.6 Å². The lowest BCUT2D eigenvalue weighted by atomic mass is 9.89. The highest BCUT2D eigenvalue weighted by atomic mass is 35.5. The van der Waals surface area contributed by atoms with E-state index < -0.39 is 28.5 Å². The number of ether oxygens (including phenoxy) is 3. The maximum absolute atomic E-state index is 13.2. The topological polar surface area (TPSA) is 73.9 Å². The van der Waals surface area contributed by atoms with Crippen LogP contribution in [0, 0.1) is 0 Å². The van der Waals surface area contributed by atoms with E-state index in [0.29, 0.717) is 12.2 Å².